The molecule has 4 nitrogen and oxygen atoms in total. The molecule has 0 unspecified atom stereocenters. The van der Waals surface area contributed by atoms with Crippen LogP contribution in [0, 0.1) is 40.8 Å². The fourth-order valence-electron chi connectivity index (χ4n) is 1.45. The molecule has 6 heteroatoms. The minimum Gasteiger partial charge on any atom is -0.756 e. The molecule has 0 N–H and O–H groups in total. The number of phosphoric ester groups is 1. The second kappa shape index (κ2) is 14.9. The van der Waals surface area contributed by atoms with Crippen LogP contribution in [0.3, 0.4) is 0 Å². The van der Waals surface area contributed by atoms with Crippen LogP contribution in [0.25, 0.3) is 0 Å². The van der Waals surface area contributed by atoms with Crippen LogP contribution in [0.4, 0.5) is 0 Å². The Kier molecular flexibility index (Phi) is 18.0. The van der Waals surface area contributed by atoms with Crippen molar-refractivity contribution >= 4 is 7.82 Å². The molecular formula is C12H26NdO4P+2. The van der Waals surface area contributed by atoms with E-state index >= 15 is 0 Å². The van der Waals surface area contributed by atoms with Crippen LogP contribution in [-0.4, -0.2) is 13.2 Å². The third-order valence-electron chi connectivity index (χ3n) is 2.49. The molecule has 0 saturated carbocycles. The summed E-state index contributed by atoms with van der Waals surface area (Å²) in [6, 6.07) is 0. The van der Waals surface area contributed by atoms with E-state index in [1.54, 1.807) is 0 Å². The third-order valence-corrected chi connectivity index (χ3v) is 3.49. The predicted octanol–water partition coefficient (Wildman–Crippen LogP) is 3.65. The molecule has 0 aliphatic heterocycles. The zero-order valence-electron chi connectivity index (χ0n) is 11.7. The number of unbranched alkanes of at least 4 members (excludes halogenated alkanes) is 6. The van der Waals surface area contributed by atoms with E-state index in [2.05, 4.69) is 13.8 Å². The second-order valence-electron chi connectivity index (χ2n) is 4.23. The Morgan fingerprint density at radius 3 is 1.56 bits per heavy atom. The van der Waals surface area contributed by atoms with Gasteiger partial charge in [-0.3, -0.25) is 4.57 Å². The molecule has 0 atom stereocenters. The normalized spacial score (nSPS) is 11.3. The first-order valence-electron chi connectivity index (χ1n) is 6.72. The largest absolute Gasteiger partial charge is 3.00 e. The number of hydrogen-bond acceptors (Lipinski definition) is 4. The third kappa shape index (κ3) is 15.5. The fraction of sp³-hybridized carbons (Fsp3) is 1.00. The van der Waals surface area contributed by atoms with E-state index in [1.165, 1.54) is 0 Å². The van der Waals surface area contributed by atoms with Crippen molar-refractivity contribution in [2.75, 3.05) is 13.2 Å². The molecule has 105 valence electrons. The van der Waals surface area contributed by atoms with Gasteiger partial charge in [0.05, 0.1) is 13.2 Å². The summed E-state index contributed by atoms with van der Waals surface area (Å²) >= 11 is 0. The SMILES string of the molecule is CCCCCCOP(=O)([O-])OCCCCCC.[Nd+3]. The second-order valence-corrected chi connectivity index (χ2v) is 5.65. The van der Waals surface area contributed by atoms with E-state index in [4.69, 9.17) is 9.05 Å². The van der Waals surface area contributed by atoms with E-state index in [0.29, 0.717) is 0 Å². The molecule has 0 aliphatic rings. The Balaban J connectivity index is 0. The smallest absolute Gasteiger partial charge is 0.756 e. The molecule has 0 amide bonds. The van der Waals surface area contributed by atoms with Crippen LogP contribution in [-0.2, 0) is 13.6 Å². The van der Waals surface area contributed by atoms with Gasteiger partial charge >= 0.3 is 40.8 Å². The maximum Gasteiger partial charge on any atom is 3.00 e. The number of rotatable bonds is 12. The van der Waals surface area contributed by atoms with E-state index in [-0.39, 0.29) is 54.1 Å². The summed E-state index contributed by atoms with van der Waals surface area (Å²) in [7, 11) is -4.04. The molecule has 18 heavy (non-hydrogen) atoms. The van der Waals surface area contributed by atoms with Gasteiger partial charge in [0, 0.05) is 0 Å². The first kappa shape index (κ1) is 21.8. The molecule has 0 fully saturated rings. The predicted molar refractivity (Wildman–Crippen MR) is 67.8 cm³/mol. The van der Waals surface area contributed by atoms with Crippen LogP contribution < -0.4 is 4.89 Å². The molecule has 0 aliphatic carbocycles. The Morgan fingerprint density at radius 2 is 1.22 bits per heavy atom. The van der Waals surface area contributed by atoms with E-state index in [1.807, 2.05) is 0 Å². The molecule has 0 aromatic carbocycles. The van der Waals surface area contributed by atoms with Crippen molar-refractivity contribution in [3.63, 3.8) is 0 Å². The van der Waals surface area contributed by atoms with Gasteiger partial charge in [0.15, 0.2) is 0 Å². The molecule has 0 rings (SSSR count). The zero-order chi connectivity index (χ0) is 13.0. The summed E-state index contributed by atoms with van der Waals surface area (Å²) in [6.45, 7) is 4.71. The van der Waals surface area contributed by atoms with Crippen molar-refractivity contribution in [2.45, 2.75) is 65.2 Å². The number of phosphoric acid groups is 1. The van der Waals surface area contributed by atoms with E-state index in [0.717, 1.165) is 51.4 Å². The quantitative estimate of drug-likeness (QED) is 0.365. The first-order chi connectivity index (χ1) is 8.12. The van der Waals surface area contributed by atoms with Gasteiger partial charge in [-0.15, -0.1) is 0 Å². The van der Waals surface area contributed by atoms with E-state index in [9.17, 15) is 9.46 Å². The van der Waals surface area contributed by atoms with Crippen molar-refractivity contribution in [1.29, 1.82) is 0 Å². The maximum atomic E-state index is 11.3. The molecule has 1 radical (unpaired) electrons. The standard InChI is InChI=1S/C12H27O4P.Nd/c1-3-5-7-9-11-15-17(13,14)16-12-10-8-6-4-2;/h3-12H2,1-2H3,(H,13,14);/q;+3/p-1. The number of hydrogen-bond donors (Lipinski definition) is 0. The van der Waals surface area contributed by atoms with Crippen molar-refractivity contribution < 1.29 is 59.3 Å². The van der Waals surface area contributed by atoms with E-state index < -0.39 is 7.82 Å². The molecule has 0 aromatic rings. The summed E-state index contributed by atoms with van der Waals surface area (Å²) in [5.41, 5.74) is 0. The van der Waals surface area contributed by atoms with Gasteiger partial charge in [0.1, 0.15) is 0 Å². The Bertz CT molecular complexity index is 196. The van der Waals surface area contributed by atoms with Gasteiger partial charge in [-0.2, -0.15) is 0 Å². The summed E-state index contributed by atoms with van der Waals surface area (Å²) < 4.78 is 20.8. The molecule has 0 spiro atoms. The van der Waals surface area contributed by atoms with Crippen molar-refractivity contribution in [3.05, 3.63) is 0 Å². The van der Waals surface area contributed by atoms with Gasteiger partial charge in [-0.25, -0.2) is 0 Å². The monoisotopic (exact) mass is 407 g/mol. The Hall–Kier alpha value is 1.46. The minimum atomic E-state index is -4.04. The van der Waals surface area contributed by atoms with Gasteiger partial charge in [0.2, 0.25) is 0 Å². The minimum absolute atomic E-state index is 0. The van der Waals surface area contributed by atoms with Gasteiger partial charge < -0.3 is 13.9 Å². The zero-order valence-corrected chi connectivity index (χ0v) is 15.8. The topological polar surface area (TPSA) is 58.6 Å². The van der Waals surface area contributed by atoms with Gasteiger partial charge in [-0.1, -0.05) is 52.4 Å². The first-order valence-corrected chi connectivity index (χ1v) is 8.18. The summed E-state index contributed by atoms with van der Waals surface area (Å²) in [5, 5.41) is 0. The van der Waals surface area contributed by atoms with Crippen LogP contribution in [0.5, 0.6) is 0 Å². The van der Waals surface area contributed by atoms with Gasteiger partial charge in [-0.05, 0) is 12.8 Å². The molecule has 0 bridgehead atoms. The maximum absolute atomic E-state index is 11.3. The van der Waals surface area contributed by atoms with Crippen molar-refractivity contribution in [1.82, 2.24) is 0 Å². The molecule has 0 aromatic heterocycles. The van der Waals surface area contributed by atoms with Crippen LogP contribution in [0.1, 0.15) is 65.2 Å². The average Bonchev–Trinajstić information content (AvgIpc) is 2.28. The van der Waals surface area contributed by atoms with Crippen molar-refractivity contribution in [2.24, 2.45) is 0 Å². The summed E-state index contributed by atoms with van der Waals surface area (Å²) in [4.78, 5) is 11.3. The Labute approximate surface area is 144 Å². The van der Waals surface area contributed by atoms with Crippen LogP contribution >= 0.6 is 7.82 Å². The average molecular weight is 410 g/mol. The summed E-state index contributed by atoms with van der Waals surface area (Å²) in [6.07, 6.45) is 8.05. The van der Waals surface area contributed by atoms with Crippen LogP contribution in [0.15, 0.2) is 0 Å². The molecule has 0 saturated heterocycles. The molecular weight excluding hydrogens is 383 g/mol. The summed E-state index contributed by atoms with van der Waals surface area (Å²) in [5.74, 6) is 0. The molecule has 0 heterocycles. The van der Waals surface area contributed by atoms with Crippen LogP contribution in [0.2, 0.25) is 0 Å². The Morgan fingerprint density at radius 1 is 0.833 bits per heavy atom. The van der Waals surface area contributed by atoms with Gasteiger partial charge in [0.25, 0.3) is 7.82 Å². The fourth-order valence-corrected chi connectivity index (χ4v) is 2.23. The van der Waals surface area contributed by atoms with Crippen molar-refractivity contribution in [3.8, 4) is 0 Å².